The second-order valence-corrected chi connectivity index (χ2v) is 11.6. The average Bonchev–Trinajstić information content (AvgIpc) is 3.49. The van der Waals surface area contributed by atoms with Gasteiger partial charge in [0.1, 0.15) is 11.8 Å². The van der Waals surface area contributed by atoms with E-state index in [9.17, 15) is 19.7 Å². The molecular formula is C34H30N4O6S. The number of rotatable bonds is 8. The molecule has 228 valence electrons. The van der Waals surface area contributed by atoms with Crippen molar-refractivity contribution in [1.82, 2.24) is 9.13 Å². The maximum atomic E-state index is 14.3. The first-order chi connectivity index (χ1) is 21.7. The first-order valence-corrected chi connectivity index (χ1v) is 15.2. The summed E-state index contributed by atoms with van der Waals surface area (Å²) in [6, 6.07) is 21.0. The van der Waals surface area contributed by atoms with Crippen molar-refractivity contribution in [2.24, 2.45) is 4.99 Å². The minimum Gasteiger partial charge on any atom is -0.496 e. The highest BCUT2D eigenvalue weighted by Crippen LogP contribution is 2.36. The Balaban J connectivity index is 1.53. The largest absolute Gasteiger partial charge is 0.496 e. The van der Waals surface area contributed by atoms with Gasteiger partial charge in [0.2, 0.25) is 0 Å². The third-order valence-corrected chi connectivity index (χ3v) is 8.98. The van der Waals surface area contributed by atoms with E-state index in [1.807, 2.05) is 55.5 Å². The van der Waals surface area contributed by atoms with Gasteiger partial charge in [-0.3, -0.25) is 19.5 Å². The number of hydrogen-bond acceptors (Lipinski definition) is 8. The van der Waals surface area contributed by atoms with Crippen molar-refractivity contribution >= 4 is 40.0 Å². The predicted octanol–water partition coefficient (Wildman–Crippen LogP) is 5.03. The number of nitro groups is 1. The molecule has 0 unspecified atom stereocenters. The minimum absolute atomic E-state index is 0.0386. The molecule has 11 heteroatoms. The molecule has 0 radical (unpaired) electrons. The van der Waals surface area contributed by atoms with Gasteiger partial charge in [-0.25, -0.2) is 9.79 Å². The molecule has 0 amide bonds. The van der Waals surface area contributed by atoms with Crippen LogP contribution in [0.15, 0.2) is 93.9 Å². The van der Waals surface area contributed by atoms with E-state index >= 15 is 0 Å². The fraction of sp³-hybridized carbons (Fsp3) is 0.206. The Labute approximate surface area is 262 Å². The number of allylic oxidation sites excluding steroid dienone is 1. The highest BCUT2D eigenvalue weighted by Gasteiger charge is 2.35. The van der Waals surface area contributed by atoms with Crippen LogP contribution in [-0.2, 0) is 16.1 Å². The monoisotopic (exact) mass is 622 g/mol. The van der Waals surface area contributed by atoms with E-state index in [2.05, 4.69) is 4.57 Å². The molecule has 0 N–H and O–H groups in total. The van der Waals surface area contributed by atoms with Crippen molar-refractivity contribution in [3.05, 3.63) is 136 Å². The lowest BCUT2D eigenvalue weighted by Crippen LogP contribution is -2.40. The number of carbonyl (C=O) groups is 1. The van der Waals surface area contributed by atoms with E-state index in [1.165, 1.54) is 23.5 Å². The van der Waals surface area contributed by atoms with Gasteiger partial charge in [-0.15, -0.1) is 0 Å². The lowest BCUT2D eigenvalue weighted by molar-refractivity contribution is -0.384. The van der Waals surface area contributed by atoms with Gasteiger partial charge in [0, 0.05) is 46.4 Å². The number of benzene rings is 3. The number of thiazole rings is 1. The molecule has 0 saturated carbocycles. The second kappa shape index (κ2) is 12.0. The van der Waals surface area contributed by atoms with Crippen LogP contribution in [0, 0.1) is 17.0 Å². The Hall–Kier alpha value is -5.29. The quantitative estimate of drug-likeness (QED) is 0.136. The third kappa shape index (κ3) is 5.25. The lowest BCUT2D eigenvalue weighted by atomic mass is 9.95. The Bertz CT molecular complexity index is 2190. The van der Waals surface area contributed by atoms with Crippen LogP contribution in [0.3, 0.4) is 0 Å². The van der Waals surface area contributed by atoms with Crippen LogP contribution < -0.4 is 19.6 Å². The predicted molar refractivity (Wildman–Crippen MR) is 172 cm³/mol. The summed E-state index contributed by atoms with van der Waals surface area (Å²) in [6.07, 6.45) is 1.89. The van der Waals surface area contributed by atoms with Crippen molar-refractivity contribution < 1.29 is 19.2 Å². The molecule has 10 nitrogen and oxygen atoms in total. The highest BCUT2D eigenvalue weighted by molar-refractivity contribution is 7.07. The standard InChI is InChI=1S/C34H30N4O6S/c1-5-44-33(40)30-20(2)35-34-37(31(30)25-11-7-9-13-28(25)43-4)32(39)29(45-34)18-26-21(3)36(27-12-8-6-10-24(26)27)19-22-14-16-23(17-15-22)38(41)42/h6-18,31H,5,19H2,1-4H3/b29-18-/t31-/m0/s1. The van der Waals surface area contributed by atoms with Gasteiger partial charge < -0.3 is 14.0 Å². The molecule has 1 atom stereocenters. The number of para-hydroxylation sites is 2. The maximum absolute atomic E-state index is 14.3. The highest BCUT2D eigenvalue weighted by atomic mass is 32.1. The van der Waals surface area contributed by atoms with Crippen LogP contribution in [0.2, 0.25) is 0 Å². The summed E-state index contributed by atoms with van der Waals surface area (Å²) in [5.41, 5.74) is 4.88. The summed E-state index contributed by atoms with van der Waals surface area (Å²) in [6.45, 7) is 6.16. The van der Waals surface area contributed by atoms with Crippen LogP contribution in [0.5, 0.6) is 5.75 Å². The summed E-state index contributed by atoms with van der Waals surface area (Å²) >= 11 is 1.26. The van der Waals surface area contributed by atoms with Crippen molar-refractivity contribution in [1.29, 1.82) is 0 Å². The number of aromatic nitrogens is 2. The molecule has 6 rings (SSSR count). The number of methoxy groups -OCH3 is 1. The Morgan fingerprint density at radius 2 is 1.78 bits per heavy atom. The van der Waals surface area contributed by atoms with E-state index < -0.39 is 16.9 Å². The molecule has 1 aliphatic rings. The Kier molecular flexibility index (Phi) is 7.94. The van der Waals surface area contributed by atoms with E-state index in [4.69, 9.17) is 14.5 Å². The summed E-state index contributed by atoms with van der Waals surface area (Å²) in [5, 5.41) is 12.1. The fourth-order valence-electron chi connectivity index (χ4n) is 5.86. The summed E-state index contributed by atoms with van der Waals surface area (Å²) in [4.78, 5) is 43.4. The van der Waals surface area contributed by atoms with Crippen molar-refractivity contribution in [2.45, 2.75) is 33.4 Å². The molecule has 3 aromatic carbocycles. The smallest absolute Gasteiger partial charge is 0.338 e. The number of non-ortho nitro benzene ring substituents is 1. The number of nitro benzene ring substituents is 1. The zero-order chi connectivity index (χ0) is 31.8. The maximum Gasteiger partial charge on any atom is 0.338 e. The average molecular weight is 623 g/mol. The summed E-state index contributed by atoms with van der Waals surface area (Å²) in [5.74, 6) is 0.00725. The fourth-order valence-corrected chi connectivity index (χ4v) is 6.89. The number of fused-ring (bicyclic) bond motifs is 2. The SMILES string of the molecule is CCOC(=O)C1=C(C)N=c2s/c(=C\c3c(C)n(Cc4ccc([N+](=O)[O-])cc4)c4ccccc34)c(=O)n2[C@H]1c1ccccc1OC. The molecule has 1 aliphatic heterocycles. The van der Waals surface area contributed by atoms with Crippen LogP contribution >= 0.6 is 11.3 Å². The molecule has 3 heterocycles. The molecule has 0 fully saturated rings. The Morgan fingerprint density at radius 3 is 2.49 bits per heavy atom. The van der Waals surface area contributed by atoms with E-state index in [0.717, 1.165) is 27.7 Å². The van der Waals surface area contributed by atoms with E-state index in [-0.39, 0.29) is 23.4 Å². The van der Waals surface area contributed by atoms with E-state index in [1.54, 1.807) is 43.7 Å². The van der Waals surface area contributed by atoms with Gasteiger partial charge >= 0.3 is 5.97 Å². The van der Waals surface area contributed by atoms with Crippen LogP contribution in [0.25, 0.3) is 17.0 Å². The third-order valence-electron chi connectivity index (χ3n) is 7.99. The molecule has 0 saturated heterocycles. The molecule has 45 heavy (non-hydrogen) atoms. The topological polar surface area (TPSA) is 118 Å². The zero-order valence-electron chi connectivity index (χ0n) is 25.1. The van der Waals surface area contributed by atoms with Crippen molar-refractivity contribution in [3.8, 4) is 5.75 Å². The molecule has 0 spiro atoms. The number of esters is 1. The molecule has 2 aromatic heterocycles. The van der Waals surface area contributed by atoms with Gasteiger partial charge in [0.25, 0.3) is 11.2 Å². The zero-order valence-corrected chi connectivity index (χ0v) is 26.0. The first-order valence-electron chi connectivity index (χ1n) is 14.4. The van der Waals surface area contributed by atoms with Crippen LogP contribution in [-0.4, -0.2) is 33.7 Å². The molecule has 0 bridgehead atoms. The minimum atomic E-state index is -0.789. The van der Waals surface area contributed by atoms with Crippen molar-refractivity contribution in [3.63, 3.8) is 0 Å². The number of ether oxygens (including phenoxy) is 2. The van der Waals surface area contributed by atoms with Gasteiger partial charge in [0.05, 0.1) is 34.4 Å². The van der Waals surface area contributed by atoms with Crippen LogP contribution in [0.4, 0.5) is 5.69 Å². The van der Waals surface area contributed by atoms with Gasteiger partial charge in [-0.2, -0.15) is 0 Å². The summed E-state index contributed by atoms with van der Waals surface area (Å²) in [7, 11) is 1.55. The van der Waals surface area contributed by atoms with Crippen LogP contribution in [0.1, 0.15) is 42.3 Å². The second-order valence-electron chi connectivity index (χ2n) is 10.6. The van der Waals surface area contributed by atoms with Crippen molar-refractivity contribution in [2.75, 3.05) is 13.7 Å². The normalized spacial score (nSPS) is 14.8. The first kappa shape index (κ1) is 29.8. The Morgan fingerprint density at radius 1 is 1.07 bits per heavy atom. The number of carbonyl (C=O) groups excluding carboxylic acids is 1. The van der Waals surface area contributed by atoms with Gasteiger partial charge in [-0.05, 0) is 44.5 Å². The van der Waals surface area contributed by atoms with Gasteiger partial charge in [-0.1, -0.05) is 59.9 Å². The summed E-state index contributed by atoms with van der Waals surface area (Å²) < 4.78 is 15.2. The number of hydrogen-bond donors (Lipinski definition) is 0. The number of nitrogens with zero attached hydrogens (tertiary/aromatic N) is 4. The lowest BCUT2D eigenvalue weighted by Gasteiger charge is -2.25. The molecular weight excluding hydrogens is 592 g/mol. The van der Waals surface area contributed by atoms with E-state index in [0.29, 0.717) is 32.9 Å². The molecule has 0 aliphatic carbocycles. The molecule has 5 aromatic rings. The van der Waals surface area contributed by atoms with Gasteiger partial charge in [0.15, 0.2) is 4.80 Å².